The molecule has 10 heteroatoms. The van der Waals surface area contributed by atoms with Crippen LogP contribution in [0.3, 0.4) is 0 Å². The van der Waals surface area contributed by atoms with Gasteiger partial charge in [0.15, 0.2) is 5.82 Å². The zero-order chi connectivity index (χ0) is 24.0. The highest BCUT2D eigenvalue weighted by atomic mass is 16.5. The number of ether oxygens (including phenoxy) is 1. The van der Waals surface area contributed by atoms with E-state index in [1.54, 1.807) is 25.6 Å². The third-order valence-electron chi connectivity index (χ3n) is 7.28. The third kappa shape index (κ3) is 4.14. The summed E-state index contributed by atoms with van der Waals surface area (Å²) in [6, 6.07) is 5.68. The molecule has 180 valence electrons. The smallest absolute Gasteiger partial charge is 0.229 e. The first-order valence-electron chi connectivity index (χ1n) is 12.0. The molecule has 35 heavy (non-hydrogen) atoms. The molecule has 2 aliphatic carbocycles. The fourth-order valence-corrected chi connectivity index (χ4v) is 4.89. The van der Waals surface area contributed by atoms with Gasteiger partial charge in [-0.05, 0) is 42.9 Å². The molecule has 3 aromatic rings. The van der Waals surface area contributed by atoms with Gasteiger partial charge in [0.1, 0.15) is 17.5 Å². The van der Waals surface area contributed by atoms with Gasteiger partial charge in [-0.3, -0.25) is 4.79 Å². The molecule has 4 heterocycles. The Balaban J connectivity index is 1.28. The molecule has 1 atom stereocenters. The lowest BCUT2D eigenvalue weighted by Gasteiger charge is -2.28. The first-order chi connectivity index (χ1) is 17.1. The van der Waals surface area contributed by atoms with Crippen molar-refractivity contribution in [2.45, 2.75) is 19.3 Å². The van der Waals surface area contributed by atoms with Gasteiger partial charge in [-0.15, -0.1) is 0 Å². The van der Waals surface area contributed by atoms with Crippen molar-refractivity contribution in [2.24, 2.45) is 22.1 Å². The number of nitrogens with zero attached hydrogens (tertiary/aromatic N) is 5. The molecule has 0 unspecified atom stereocenters. The number of aliphatic imine (C=N–C) groups is 1. The van der Waals surface area contributed by atoms with Crippen LogP contribution in [0.2, 0.25) is 0 Å². The summed E-state index contributed by atoms with van der Waals surface area (Å²) >= 11 is 0. The molecule has 2 saturated carbocycles. The average Bonchev–Trinajstić information content (AvgIpc) is 3.82. The zero-order valence-electron chi connectivity index (χ0n) is 19.6. The van der Waals surface area contributed by atoms with Crippen molar-refractivity contribution in [3.63, 3.8) is 0 Å². The molecule has 1 amide bonds. The Kier molecular flexibility index (Phi) is 5.25. The predicted molar refractivity (Wildman–Crippen MR) is 135 cm³/mol. The Morgan fingerprint density at radius 3 is 2.66 bits per heavy atom. The van der Waals surface area contributed by atoms with Gasteiger partial charge >= 0.3 is 0 Å². The summed E-state index contributed by atoms with van der Waals surface area (Å²) in [6.07, 6.45) is 8.50. The maximum atomic E-state index is 12.6. The van der Waals surface area contributed by atoms with Crippen molar-refractivity contribution in [1.82, 2.24) is 15.0 Å². The minimum atomic E-state index is 0.0463. The van der Waals surface area contributed by atoms with E-state index in [4.69, 9.17) is 10.5 Å². The fraction of sp³-hybridized carbons (Fsp3) is 0.400. The number of morpholine rings is 1. The summed E-state index contributed by atoms with van der Waals surface area (Å²) < 4.78 is 5.42. The van der Waals surface area contributed by atoms with Crippen molar-refractivity contribution in [3.8, 4) is 0 Å². The predicted octanol–water partition coefficient (Wildman–Crippen LogP) is 2.68. The van der Waals surface area contributed by atoms with Gasteiger partial charge in [0.05, 0.1) is 25.1 Å². The van der Waals surface area contributed by atoms with Crippen LogP contribution in [0.15, 0.2) is 41.8 Å². The number of nitrogens with one attached hydrogen (secondary N) is 2. The summed E-state index contributed by atoms with van der Waals surface area (Å²) in [5, 5.41) is 7.67. The molecule has 1 spiro atoms. The third-order valence-corrected chi connectivity index (χ3v) is 7.28. The van der Waals surface area contributed by atoms with E-state index >= 15 is 0 Å². The van der Waals surface area contributed by atoms with Gasteiger partial charge in [0, 0.05) is 54.8 Å². The number of fused-ring (bicyclic) bond motifs is 1. The van der Waals surface area contributed by atoms with Gasteiger partial charge in [-0.25, -0.2) is 19.9 Å². The Labute approximate surface area is 203 Å². The van der Waals surface area contributed by atoms with Gasteiger partial charge in [-0.2, -0.15) is 0 Å². The highest BCUT2D eigenvalue weighted by Gasteiger charge is 2.65. The second-order valence-corrected chi connectivity index (χ2v) is 9.47. The SMILES string of the molecule is CNc1ncc(C(N)=Nc2ccc(N3CCOCC3)cn2)c2cc(NC(=O)[C@H]3CC34CC4)ncc12. The van der Waals surface area contributed by atoms with E-state index in [2.05, 4.69) is 35.5 Å². The van der Waals surface area contributed by atoms with Crippen LogP contribution in [0.4, 0.5) is 23.1 Å². The van der Waals surface area contributed by atoms with Crippen molar-refractivity contribution >= 4 is 45.7 Å². The molecule has 3 aliphatic rings. The quantitative estimate of drug-likeness (QED) is 0.369. The lowest BCUT2D eigenvalue weighted by atomic mass is 10.1. The second-order valence-electron chi connectivity index (χ2n) is 9.47. The monoisotopic (exact) mass is 472 g/mol. The number of carbonyl (C=O) groups is 1. The van der Waals surface area contributed by atoms with E-state index in [9.17, 15) is 4.79 Å². The Morgan fingerprint density at radius 2 is 1.97 bits per heavy atom. The van der Waals surface area contributed by atoms with Crippen LogP contribution < -0.4 is 21.3 Å². The first kappa shape index (κ1) is 21.7. The Bertz CT molecular complexity index is 1310. The zero-order valence-corrected chi connectivity index (χ0v) is 19.6. The van der Waals surface area contributed by atoms with Crippen molar-refractivity contribution < 1.29 is 9.53 Å². The number of anilines is 3. The van der Waals surface area contributed by atoms with E-state index in [0.29, 0.717) is 42.1 Å². The topological polar surface area (TPSA) is 131 Å². The molecular formula is C25H28N8O2. The molecule has 3 fully saturated rings. The van der Waals surface area contributed by atoms with Crippen molar-refractivity contribution in [3.05, 3.63) is 42.4 Å². The molecule has 10 nitrogen and oxygen atoms in total. The van der Waals surface area contributed by atoms with Crippen molar-refractivity contribution in [2.75, 3.05) is 48.9 Å². The van der Waals surface area contributed by atoms with E-state index in [1.807, 2.05) is 18.2 Å². The summed E-state index contributed by atoms with van der Waals surface area (Å²) in [5.74, 6) is 2.14. The number of amidine groups is 1. The number of hydrogen-bond donors (Lipinski definition) is 3. The normalized spacial score (nSPS) is 20.7. The highest BCUT2D eigenvalue weighted by molar-refractivity contribution is 6.12. The minimum absolute atomic E-state index is 0.0463. The molecule has 0 aromatic carbocycles. The van der Waals surface area contributed by atoms with Crippen LogP contribution in [-0.4, -0.2) is 60.0 Å². The van der Waals surface area contributed by atoms with E-state index in [1.165, 1.54) is 0 Å². The summed E-state index contributed by atoms with van der Waals surface area (Å²) in [4.78, 5) is 32.8. The van der Waals surface area contributed by atoms with Gasteiger partial charge in [-0.1, -0.05) is 0 Å². The highest BCUT2D eigenvalue weighted by Crippen LogP contribution is 2.70. The number of carbonyl (C=O) groups excluding carboxylic acids is 1. The van der Waals surface area contributed by atoms with Crippen LogP contribution >= 0.6 is 0 Å². The Morgan fingerprint density at radius 1 is 1.14 bits per heavy atom. The standard InChI is InChI=1S/C25H28N8O2/c1-27-23-18-14-29-21(32-24(34)19-11-25(19)4-5-25)10-16(18)17(13-30-23)22(26)31-20-3-2-15(12-28-20)33-6-8-35-9-7-33/h2-3,10,12-14,19H,4-9,11H2,1H3,(H,27,30)(H2,26,28,31)(H,29,32,34)/t19-/m1/s1. The van der Waals surface area contributed by atoms with Crippen LogP contribution in [0.25, 0.3) is 10.8 Å². The number of aromatic nitrogens is 3. The van der Waals surface area contributed by atoms with Gasteiger partial charge in [0.2, 0.25) is 5.91 Å². The molecule has 3 aromatic heterocycles. The second kappa shape index (κ2) is 8.46. The maximum Gasteiger partial charge on any atom is 0.229 e. The number of hydrogen-bond acceptors (Lipinski definition) is 8. The number of pyridine rings is 3. The molecule has 4 N–H and O–H groups in total. The van der Waals surface area contributed by atoms with Crippen LogP contribution in [0.1, 0.15) is 24.8 Å². The lowest BCUT2D eigenvalue weighted by Crippen LogP contribution is -2.36. The van der Waals surface area contributed by atoms with Crippen molar-refractivity contribution in [1.29, 1.82) is 0 Å². The molecule has 0 bridgehead atoms. The number of amides is 1. The van der Waals surface area contributed by atoms with E-state index in [-0.39, 0.29) is 17.2 Å². The summed E-state index contributed by atoms with van der Waals surface area (Å²) in [6.45, 7) is 3.12. The van der Waals surface area contributed by atoms with Gasteiger partial charge in [0.25, 0.3) is 0 Å². The number of rotatable bonds is 6. The summed E-state index contributed by atoms with van der Waals surface area (Å²) in [5.41, 5.74) is 8.41. The summed E-state index contributed by atoms with van der Waals surface area (Å²) in [7, 11) is 1.80. The van der Waals surface area contributed by atoms with E-state index in [0.717, 1.165) is 48.8 Å². The van der Waals surface area contributed by atoms with Gasteiger partial charge < -0.3 is 26.0 Å². The van der Waals surface area contributed by atoms with Crippen LogP contribution in [0, 0.1) is 11.3 Å². The van der Waals surface area contributed by atoms with E-state index < -0.39 is 0 Å². The molecule has 6 rings (SSSR count). The minimum Gasteiger partial charge on any atom is -0.383 e. The molecule has 1 saturated heterocycles. The average molecular weight is 473 g/mol. The maximum absolute atomic E-state index is 12.6. The van der Waals surface area contributed by atoms with Crippen LogP contribution in [0.5, 0.6) is 0 Å². The van der Waals surface area contributed by atoms with Crippen LogP contribution in [-0.2, 0) is 9.53 Å². The molecule has 1 aliphatic heterocycles. The largest absolute Gasteiger partial charge is 0.383 e. The fourth-order valence-electron chi connectivity index (χ4n) is 4.89. The first-order valence-corrected chi connectivity index (χ1v) is 12.0. The number of nitrogens with two attached hydrogens (primary N) is 1. The lowest BCUT2D eigenvalue weighted by molar-refractivity contribution is -0.117. The molecule has 0 radical (unpaired) electrons. The Hall–Kier alpha value is -3.79. The molecular weight excluding hydrogens is 444 g/mol.